The van der Waals surface area contributed by atoms with Crippen molar-refractivity contribution < 1.29 is 24.2 Å². The van der Waals surface area contributed by atoms with Gasteiger partial charge in [0.25, 0.3) is 0 Å². The van der Waals surface area contributed by atoms with Crippen molar-refractivity contribution in [1.82, 2.24) is 10.6 Å². The van der Waals surface area contributed by atoms with Crippen molar-refractivity contribution in [3.05, 3.63) is 0 Å². The van der Waals surface area contributed by atoms with Crippen LogP contribution >= 0.6 is 0 Å². The molecule has 90 valence electrons. The van der Waals surface area contributed by atoms with E-state index in [9.17, 15) is 14.4 Å². The van der Waals surface area contributed by atoms with Gasteiger partial charge in [0.1, 0.15) is 13.2 Å². The van der Waals surface area contributed by atoms with Crippen LogP contribution in [0.3, 0.4) is 0 Å². The van der Waals surface area contributed by atoms with Crippen molar-refractivity contribution in [3.63, 3.8) is 0 Å². The van der Waals surface area contributed by atoms with Gasteiger partial charge < -0.3 is 20.5 Å². The maximum atomic E-state index is 11.1. The first-order valence-electron chi connectivity index (χ1n) is 4.93. The van der Waals surface area contributed by atoms with Gasteiger partial charge in [-0.05, 0) is 6.42 Å². The number of rotatable bonds is 6. The van der Waals surface area contributed by atoms with E-state index in [0.29, 0.717) is 19.4 Å². The lowest BCUT2D eigenvalue weighted by molar-refractivity contribution is -0.143. The normalized spacial score (nSPS) is 19.2. The van der Waals surface area contributed by atoms with E-state index in [2.05, 4.69) is 15.4 Å². The molecular formula is C9H14N2O5. The summed E-state index contributed by atoms with van der Waals surface area (Å²) in [5.74, 6) is -1.51. The van der Waals surface area contributed by atoms with Crippen LogP contribution in [-0.2, 0) is 19.1 Å². The lowest BCUT2D eigenvalue weighted by Crippen LogP contribution is -2.39. The van der Waals surface area contributed by atoms with Crippen LogP contribution in [0.1, 0.15) is 12.8 Å². The van der Waals surface area contributed by atoms with Crippen LogP contribution < -0.4 is 10.6 Å². The Labute approximate surface area is 92.1 Å². The van der Waals surface area contributed by atoms with Crippen molar-refractivity contribution in [2.45, 2.75) is 18.9 Å². The molecule has 0 saturated carbocycles. The number of aliphatic carboxylic acids is 1. The van der Waals surface area contributed by atoms with Gasteiger partial charge in [-0.3, -0.25) is 9.59 Å². The summed E-state index contributed by atoms with van der Waals surface area (Å²) in [5.41, 5.74) is 0. The number of ether oxygens (including phenoxy) is 1. The minimum absolute atomic E-state index is 0.0126. The fraction of sp³-hybridized carbons (Fsp3) is 0.667. The van der Waals surface area contributed by atoms with Crippen LogP contribution in [0.5, 0.6) is 0 Å². The lowest BCUT2D eigenvalue weighted by atomic mass is 10.2. The molecule has 0 aromatic rings. The fourth-order valence-electron chi connectivity index (χ4n) is 1.35. The molecule has 0 aromatic carbocycles. The molecule has 1 atom stereocenters. The molecule has 0 spiro atoms. The van der Waals surface area contributed by atoms with Crippen molar-refractivity contribution >= 4 is 17.8 Å². The molecule has 1 saturated heterocycles. The minimum Gasteiger partial charge on any atom is -0.480 e. The van der Waals surface area contributed by atoms with Crippen molar-refractivity contribution in [2.75, 3.05) is 19.8 Å². The molecule has 7 nitrogen and oxygen atoms in total. The Morgan fingerprint density at radius 2 is 2.25 bits per heavy atom. The Kier molecular flexibility index (Phi) is 4.71. The zero-order valence-electron chi connectivity index (χ0n) is 8.69. The fourth-order valence-corrected chi connectivity index (χ4v) is 1.35. The molecule has 1 unspecified atom stereocenters. The first-order valence-corrected chi connectivity index (χ1v) is 4.93. The third-order valence-electron chi connectivity index (χ3n) is 2.09. The summed E-state index contributed by atoms with van der Waals surface area (Å²) in [4.78, 5) is 32.0. The highest BCUT2D eigenvalue weighted by Gasteiger charge is 2.20. The van der Waals surface area contributed by atoms with Crippen LogP contribution in [0.2, 0.25) is 0 Å². The average Bonchev–Trinajstić information content (AvgIpc) is 2.61. The summed E-state index contributed by atoms with van der Waals surface area (Å²) < 4.78 is 4.59. The second-order valence-electron chi connectivity index (χ2n) is 3.49. The standard InChI is InChI=1S/C9H14N2O5/c12-7-2-1-6(11-7)3-10-8(13)4-16-5-9(14)15/h6H,1-5H2,(H,10,13)(H,11,12)(H,14,15). The zero-order chi connectivity index (χ0) is 12.0. The van der Waals surface area contributed by atoms with Crippen LogP contribution in [0.4, 0.5) is 0 Å². The van der Waals surface area contributed by atoms with Crippen molar-refractivity contribution in [3.8, 4) is 0 Å². The Morgan fingerprint density at radius 1 is 1.50 bits per heavy atom. The predicted molar refractivity (Wildman–Crippen MR) is 52.6 cm³/mol. The molecule has 16 heavy (non-hydrogen) atoms. The molecule has 1 fully saturated rings. The second-order valence-corrected chi connectivity index (χ2v) is 3.49. The van der Waals surface area contributed by atoms with E-state index in [1.165, 1.54) is 0 Å². The summed E-state index contributed by atoms with van der Waals surface area (Å²) in [6, 6.07) is -0.0316. The molecule has 1 aliphatic rings. The smallest absolute Gasteiger partial charge is 0.329 e. The number of hydrogen-bond donors (Lipinski definition) is 3. The first kappa shape index (κ1) is 12.4. The maximum Gasteiger partial charge on any atom is 0.329 e. The van der Waals surface area contributed by atoms with Gasteiger partial charge in [0.05, 0.1) is 0 Å². The lowest BCUT2D eigenvalue weighted by Gasteiger charge is -2.10. The highest BCUT2D eigenvalue weighted by atomic mass is 16.5. The number of hydrogen-bond acceptors (Lipinski definition) is 4. The van der Waals surface area contributed by atoms with Crippen LogP contribution in [0.15, 0.2) is 0 Å². The van der Waals surface area contributed by atoms with Gasteiger partial charge in [0, 0.05) is 19.0 Å². The van der Waals surface area contributed by atoms with E-state index >= 15 is 0 Å². The van der Waals surface area contributed by atoms with E-state index in [1.807, 2.05) is 0 Å². The topological polar surface area (TPSA) is 105 Å². The molecule has 1 heterocycles. The number of carboxylic acids is 1. The highest BCUT2D eigenvalue weighted by molar-refractivity contribution is 5.79. The number of carbonyl (C=O) groups excluding carboxylic acids is 2. The molecule has 1 aliphatic heterocycles. The second kappa shape index (κ2) is 6.06. The molecule has 2 amide bonds. The van der Waals surface area contributed by atoms with Crippen LogP contribution in [0, 0.1) is 0 Å². The monoisotopic (exact) mass is 230 g/mol. The zero-order valence-corrected chi connectivity index (χ0v) is 8.69. The van der Waals surface area contributed by atoms with Gasteiger partial charge in [0.15, 0.2) is 0 Å². The van der Waals surface area contributed by atoms with Gasteiger partial charge in [-0.1, -0.05) is 0 Å². The van der Waals surface area contributed by atoms with Crippen LogP contribution in [0.25, 0.3) is 0 Å². The Balaban J connectivity index is 2.06. The molecule has 1 rings (SSSR count). The van der Waals surface area contributed by atoms with E-state index in [-0.39, 0.29) is 24.5 Å². The van der Waals surface area contributed by atoms with Gasteiger partial charge in [-0.2, -0.15) is 0 Å². The third-order valence-corrected chi connectivity index (χ3v) is 2.09. The Hall–Kier alpha value is -1.63. The number of nitrogens with one attached hydrogen (secondary N) is 2. The van der Waals surface area contributed by atoms with Gasteiger partial charge in [0.2, 0.25) is 11.8 Å². The molecule has 3 N–H and O–H groups in total. The van der Waals surface area contributed by atoms with Crippen LogP contribution in [-0.4, -0.2) is 48.7 Å². The molecule has 0 radical (unpaired) electrons. The minimum atomic E-state index is -1.11. The van der Waals surface area contributed by atoms with Gasteiger partial charge in [-0.25, -0.2) is 4.79 Å². The molecule has 0 aromatic heterocycles. The van der Waals surface area contributed by atoms with Crippen molar-refractivity contribution in [1.29, 1.82) is 0 Å². The maximum absolute atomic E-state index is 11.1. The summed E-state index contributed by atoms with van der Waals surface area (Å²) in [5, 5.41) is 13.5. The molecular weight excluding hydrogens is 216 g/mol. The number of carboxylic acid groups (broad SMARTS) is 1. The summed E-state index contributed by atoms with van der Waals surface area (Å²) >= 11 is 0. The van der Waals surface area contributed by atoms with Crippen molar-refractivity contribution in [2.24, 2.45) is 0 Å². The quantitative estimate of drug-likeness (QED) is 0.514. The van der Waals surface area contributed by atoms with E-state index in [4.69, 9.17) is 5.11 Å². The summed E-state index contributed by atoms with van der Waals surface area (Å²) in [7, 11) is 0. The first-order chi connectivity index (χ1) is 7.58. The Morgan fingerprint density at radius 3 is 2.81 bits per heavy atom. The summed E-state index contributed by atoms with van der Waals surface area (Å²) in [6.45, 7) is -0.429. The molecule has 7 heteroatoms. The number of amides is 2. The highest BCUT2D eigenvalue weighted by Crippen LogP contribution is 2.04. The van der Waals surface area contributed by atoms with Gasteiger partial charge >= 0.3 is 5.97 Å². The van der Waals surface area contributed by atoms with Gasteiger partial charge in [-0.15, -0.1) is 0 Å². The van der Waals surface area contributed by atoms with E-state index in [0.717, 1.165) is 0 Å². The van der Waals surface area contributed by atoms with E-state index in [1.54, 1.807) is 0 Å². The third kappa shape index (κ3) is 4.74. The molecule has 0 aliphatic carbocycles. The predicted octanol–water partition coefficient (Wildman–Crippen LogP) is -1.52. The average molecular weight is 230 g/mol. The Bertz CT molecular complexity index is 292. The van der Waals surface area contributed by atoms with E-state index < -0.39 is 12.6 Å². The number of carbonyl (C=O) groups is 3. The largest absolute Gasteiger partial charge is 0.480 e. The molecule has 0 bridgehead atoms. The summed E-state index contributed by atoms with van der Waals surface area (Å²) in [6.07, 6.45) is 1.19. The SMILES string of the molecule is O=C(O)COCC(=O)NCC1CCC(=O)N1.